The van der Waals surface area contributed by atoms with Crippen molar-refractivity contribution in [3.8, 4) is 0 Å². The van der Waals surface area contributed by atoms with Gasteiger partial charge in [-0.2, -0.15) is 0 Å². The number of thiophene rings is 1. The highest BCUT2D eigenvalue weighted by atomic mass is 32.1. The Morgan fingerprint density at radius 1 is 1.50 bits per heavy atom. The van der Waals surface area contributed by atoms with E-state index in [4.69, 9.17) is 5.73 Å². The van der Waals surface area contributed by atoms with Crippen LogP contribution >= 0.6 is 22.7 Å². The first-order chi connectivity index (χ1) is 7.75. The topological polar surface area (TPSA) is 68.0 Å². The van der Waals surface area contributed by atoms with Gasteiger partial charge in [0.2, 0.25) is 0 Å². The average Bonchev–Trinajstić information content (AvgIpc) is 2.89. The van der Waals surface area contributed by atoms with E-state index in [9.17, 15) is 4.79 Å². The number of hydrogen-bond donors (Lipinski definition) is 2. The summed E-state index contributed by atoms with van der Waals surface area (Å²) < 4.78 is 0. The van der Waals surface area contributed by atoms with Crippen LogP contribution in [-0.2, 0) is 6.42 Å². The van der Waals surface area contributed by atoms with Crippen LogP contribution in [0.25, 0.3) is 0 Å². The lowest BCUT2D eigenvalue weighted by Gasteiger charge is -2.01. The average molecular weight is 253 g/mol. The summed E-state index contributed by atoms with van der Waals surface area (Å²) in [6.45, 7) is 0.583. The third-order valence-electron chi connectivity index (χ3n) is 1.98. The number of nitrogens with zero attached hydrogens (tertiary/aromatic N) is 1. The lowest BCUT2D eigenvalue weighted by atomic mass is 10.3. The second-order valence-corrected chi connectivity index (χ2v) is 5.00. The van der Waals surface area contributed by atoms with Gasteiger partial charge in [0.25, 0.3) is 5.91 Å². The molecule has 4 nitrogen and oxygen atoms in total. The van der Waals surface area contributed by atoms with Crippen LogP contribution in [0.5, 0.6) is 0 Å². The number of aromatic nitrogens is 1. The van der Waals surface area contributed by atoms with E-state index in [0.717, 1.165) is 10.6 Å². The normalized spacial score (nSPS) is 10.2. The van der Waals surface area contributed by atoms with Gasteiger partial charge in [-0.3, -0.25) is 4.79 Å². The predicted molar refractivity (Wildman–Crippen MR) is 66.9 cm³/mol. The van der Waals surface area contributed by atoms with E-state index in [1.54, 1.807) is 6.07 Å². The fourth-order valence-corrected chi connectivity index (χ4v) is 2.47. The van der Waals surface area contributed by atoms with Crippen molar-refractivity contribution in [2.75, 3.05) is 12.3 Å². The molecule has 0 aliphatic heterocycles. The minimum Gasteiger partial charge on any atom is -0.375 e. The van der Waals surface area contributed by atoms with Crippen LogP contribution in [0, 0.1) is 0 Å². The standard InChI is InChI=1S/C10H11N3OS2/c11-10-13-7(6-16-10)3-4-12-9(14)8-2-1-5-15-8/h1-2,5-6H,3-4H2,(H2,11,13)(H,12,14). The largest absolute Gasteiger partial charge is 0.375 e. The summed E-state index contributed by atoms with van der Waals surface area (Å²) in [7, 11) is 0. The molecule has 2 aromatic heterocycles. The molecule has 0 aliphatic rings. The number of amides is 1. The number of rotatable bonds is 4. The molecule has 0 saturated carbocycles. The summed E-state index contributed by atoms with van der Waals surface area (Å²) in [4.78, 5) is 16.4. The Labute approximate surface area is 101 Å². The molecule has 2 rings (SSSR count). The molecule has 84 valence electrons. The molecule has 6 heteroatoms. The zero-order valence-corrected chi connectivity index (χ0v) is 10.1. The van der Waals surface area contributed by atoms with Gasteiger partial charge in [-0.15, -0.1) is 22.7 Å². The van der Waals surface area contributed by atoms with Crippen LogP contribution in [0.4, 0.5) is 5.13 Å². The first kappa shape index (κ1) is 11.1. The van der Waals surface area contributed by atoms with Gasteiger partial charge in [0.1, 0.15) is 0 Å². The van der Waals surface area contributed by atoms with E-state index >= 15 is 0 Å². The number of carbonyl (C=O) groups is 1. The third-order valence-corrected chi connectivity index (χ3v) is 3.57. The molecule has 0 radical (unpaired) electrons. The first-order valence-corrected chi connectivity index (χ1v) is 6.53. The molecule has 2 heterocycles. The minimum atomic E-state index is -0.0294. The van der Waals surface area contributed by atoms with Crippen molar-refractivity contribution < 1.29 is 4.79 Å². The summed E-state index contributed by atoms with van der Waals surface area (Å²) in [6, 6.07) is 3.67. The molecule has 0 fully saturated rings. The van der Waals surface area contributed by atoms with Crippen molar-refractivity contribution in [1.82, 2.24) is 10.3 Å². The Kier molecular flexibility index (Phi) is 3.53. The van der Waals surface area contributed by atoms with E-state index in [0.29, 0.717) is 18.1 Å². The first-order valence-electron chi connectivity index (χ1n) is 4.77. The zero-order valence-electron chi connectivity index (χ0n) is 8.47. The maximum Gasteiger partial charge on any atom is 0.261 e. The molecule has 0 aromatic carbocycles. The van der Waals surface area contributed by atoms with Crippen molar-refractivity contribution in [2.45, 2.75) is 6.42 Å². The highest BCUT2D eigenvalue weighted by Gasteiger charge is 2.05. The van der Waals surface area contributed by atoms with Crippen molar-refractivity contribution in [1.29, 1.82) is 0 Å². The number of carbonyl (C=O) groups excluding carboxylic acids is 1. The van der Waals surface area contributed by atoms with Gasteiger partial charge >= 0.3 is 0 Å². The lowest BCUT2D eigenvalue weighted by Crippen LogP contribution is -2.24. The highest BCUT2D eigenvalue weighted by Crippen LogP contribution is 2.11. The Balaban J connectivity index is 1.78. The zero-order chi connectivity index (χ0) is 11.4. The van der Waals surface area contributed by atoms with Gasteiger partial charge in [-0.05, 0) is 11.4 Å². The van der Waals surface area contributed by atoms with E-state index in [-0.39, 0.29) is 5.91 Å². The van der Waals surface area contributed by atoms with Crippen LogP contribution in [-0.4, -0.2) is 17.4 Å². The molecule has 0 aliphatic carbocycles. The third kappa shape index (κ3) is 2.80. The number of anilines is 1. The molecule has 0 bridgehead atoms. The summed E-state index contributed by atoms with van der Waals surface area (Å²) in [6.07, 6.45) is 0.713. The minimum absolute atomic E-state index is 0.0294. The maximum atomic E-state index is 11.6. The highest BCUT2D eigenvalue weighted by molar-refractivity contribution is 7.13. The van der Waals surface area contributed by atoms with Gasteiger partial charge in [0.05, 0.1) is 10.6 Å². The van der Waals surface area contributed by atoms with Crippen molar-refractivity contribution in [3.63, 3.8) is 0 Å². The van der Waals surface area contributed by atoms with Gasteiger partial charge in [-0.1, -0.05) is 6.07 Å². The van der Waals surface area contributed by atoms with E-state index < -0.39 is 0 Å². The lowest BCUT2D eigenvalue weighted by molar-refractivity contribution is 0.0958. The molecule has 0 spiro atoms. The van der Waals surface area contributed by atoms with Crippen molar-refractivity contribution >= 4 is 33.7 Å². The van der Waals surface area contributed by atoms with E-state index in [1.165, 1.54) is 22.7 Å². The van der Waals surface area contributed by atoms with Crippen LogP contribution in [0.1, 0.15) is 15.4 Å². The van der Waals surface area contributed by atoms with Crippen LogP contribution in [0.2, 0.25) is 0 Å². The predicted octanol–water partition coefficient (Wildman–Crippen LogP) is 1.76. The van der Waals surface area contributed by atoms with Crippen LogP contribution < -0.4 is 11.1 Å². The second-order valence-electron chi connectivity index (χ2n) is 3.16. The van der Waals surface area contributed by atoms with Gasteiger partial charge < -0.3 is 11.1 Å². The molecule has 16 heavy (non-hydrogen) atoms. The SMILES string of the molecule is Nc1nc(CCNC(=O)c2cccs2)cs1. The maximum absolute atomic E-state index is 11.6. The molecular formula is C10H11N3OS2. The Morgan fingerprint density at radius 2 is 2.38 bits per heavy atom. The number of nitrogens with one attached hydrogen (secondary N) is 1. The second kappa shape index (κ2) is 5.09. The van der Waals surface area contributed by atoms with Gasteiger partial charge in [0, 0.05) is 18.3 Å². The quantitative estimate of drug-likeness (QED) is 0.872. The number of nitrogens with two attached hydrogens (primary N) is 1. The van der Waals surface area contributed by atoms with E-state index in [1.807, 2.05) is 16.8 Å². The smallest absolute Gasteiger partial charge is 0.261 e. The molecule has 2 aromatic rings. The molecule has 0 atom stereocenters. The molecule has 0 saturated heterocycles. The fraction of sp³-hybridized carbons (Fsp3) is 0.200. The number of nitrogen functional groups attached to an aromatic ring is 1. The van der Waals surface area contributed by atoms with Gasteiger partial charge in [0.15, 0.2) is 5.13 Å². The summed E-state index contributed by atoms with van der Waals surface area (Å²) in [5.41, 5.74) is 6.43. The molecule has 0 unspecified atom stereocenters. The van der Waals surface area contributed by atoms with Crippen molar-refractivity contribution in [2.24, 2.45) is 0 Å². The van der Waals surface area contributed by atoms with Crippen LogP contribution in [0.3, 0.4) is 0 Å². The Hall–Kier alpha value is -1.40. The number of hydrogen-bond acceptors (Lipinski definition) is 5. The number of thiazole rings is 1. The Bertz CT molecular complexity index is 464. The van der Waals surface area contributed by atoms with Gasteiger partial charge in [-0.25, -0.2) is 4.98 Å². The molecule has 3 N–H and O–H groups in total. The molecule has 1 amide bonds. The molecular weight excluding hydrogens is 242 g/mol. The fourth-order valence-electron chi connectivity index (χ4n) is 1.24. The van der Waals surface area contributed by atoms with Crippen LogP contribution in [0.15, 0.2) is 22.9 Å². The summed E-state index contributed by atoms with van der Waals surface area (Å²) in [5, 5.41) is 7.20. The summed E-state index contributed by atoms with van der Waals surface area (Å²) in [5.74, 6) is -0.0294. The Morgan fingerprint density at radius 3 is 3.00 bits per heavy atom. The monoisotopic (exact) mass is 253 g/mol. The van der Waals surface area contributed by atoms with Crippen molar-refractivity contribution in [3.05, 3.63) is 33.5 Å². The van der Waals surface area contributed by atoms with E-state index in [2.05, 4.69) is 10.3 Å². The summed E-state index contributed by atoms with van der Waals surface area (Å²) >= 11 is 2.85.